The first-order chi connectivity index (χ1) is 4.22. The zero-order valence-electron chi connectivity index (χ0n) is 5.23. The van der Waals surface area contributed by atoms with Crippen molar-refractivity contribution < 1.29 is 0 Å². The second-order valence-electron chi connectivity index (χ2n) is 2.46. The Balaban J connectivity index is 2.52. The molecular weight excluding hydrogens is 136 g/mol. The van der Waals surface area contributed by atoms with E-state index in [1.54, 1.807) is 0 Å². The lowest BCUT2D eigenvalue weighted by atomic mass is 9.94. The van der Waals surface area contributed by atoms with E-state index in [1.807, 2.05) is 0 Å². The highest BCUT2D eigenvalue weighted by Crippen LogP contribution is 2.18. The Labute approximate surface area is 59.9 Å². The number of hydrogen-bond acceptors (Lipinski definition) is 2. The maximum atomic E-state index is 7.34. The van der Waals surface area contributed by atoms with E-state index in [1.165, 1.54) is 0 Å². The summed E-state index contributed by atoms with van der Waals surface area (Å²) < 4.78 is 0. The third-order valence-electron chi connectivity index (χ3n) is 1.71. The summed E-state index contributed by atoms with van der Waals surface area (Å²) in [6.07, 6.45) is 2.92. The summed E-state index contributed by atoms with van der Waals surface area (Å²) in [5.41, 5.74) is 6.08. The van der Waals surface area contributed by atoms with E-state index in [9.17, 15) is 0 Å². The summed E-state index contributed by atoms with van der Waals surface area (Å²) in [4.78, 5) is 0. The highest BCUT2D eigenvalue weighted by atomic mass is 35.5. The van der Waals surface area contributed by atoms with Gasteiger partial charge >= 0.3 is 0 Å². The smallest absolute Gasteiger partial charge is 0.0727 e. The van der Waals surface area contributed by atoms with Crippen LogP contribution in [0.15, 0.2) is 0 Å². The van der Waals surface area contributed by atoms with Crippen molar-refractivity contribution in [3.8, 4) is 0 Å². The van der Waals surface area contributed by atoms with Crippen LogP contribution in [0.5, 0.6) is 0 Å². The van der Waals surface area contributed by atoms with E-state index >= 15 is 0 Å². The van der Waals surface area contributed by atoms with Crippen LogP contribution in [0.4, 0.5) is 0 Å². The average molecular weight is 147 g/mol. The van der Waals surface area contributed by atoms with Crippen molar-refractivity contribution in [2.75, 3.05) is 0 Å². The van der Waals surface area contributed by atoms with Gasteiger partial charge < -0.3 is 11.1 Å². The van der Waals surface area contributed by atoms with Crippen LogP contribution in [0.25, 0.3) is 0 Å². The predicted octanol–water partition coefficient (Wildman–Crippen LogP) is 1.12. The number of alkyl halides is 1. The SMILES string of the molecule is N=C1C(N)CCCC1Cl. The predicted molar refractivity (Wildman–Crippen MR) is 39.2 cm³/mol. The molecule has 0 aromatic carbocycles. The van der Waals surface area contributed by atoms with Gasteiger partial charge in [0, 0.05) is 11.8 Å². The first-order valence-electron chi connectivity index (χ1n) is 3.20. The number of halogens is 1. The molecule has 0 saturated heterocycles. The number of nitrogens with one attached hydrogen (secondary N) is 1. The van der Waals surface area contributed by atoms with Crippen molar-refractivity contribution >= 4 is 17.3 Å². The van der Waals surface area contributed by atoms with Gasteiger partial charge in [-0.05, 0) is 19.3 Å². The van der Waals surface area contributed by atoms with Gasteiger partial charge in [-0.2, -0.15) is 0 Å². The molecule has 0 aromatic rings. The van der Waals surface area contributed by atoms with Crippen LogP contribution in [0.1, 0.15) is 19.3 Å². The molecule has 0 aromatic heterocycles. The standard InChI is InChI=1S/C6H11ClN2/c7-4-2-1-3-5(8)6(4)9/h4-5,9H,1-3,8H2. The third-order valence-corrected chi connectivity index (χ3v) is 2.16. The minimum absolute atomic E-state index is 0.0683. The second-order valence-corrected chi connectivity index (χ2v) is 2.99. The molecule has 3 heteroatoms. The average Bonchev–Trinajstić information content (AvgIpc) is 1.83. The molecule has 1 rings (SSSR count). The Kier molecular flexibility index (Phi) is 2.09. The molecule has 9 heavy (non-hydrogen) atoms. The Hall–Kier alpha value is -0.0800. The van der Waals surface area contributed by atoms with Crippen LogP contribution in [0.3, 0.4) is 0 Å². The molecule has 0 bridgehead atoms. The lowest BCUT2D eigenvalue weighted by molar-refractivity contribution is 0.607. The van der Waals surface area contributed by atoms with Gasteiger partial charge in [0.2, 0.25) is 0 Å². The largest absolute Gasteiger partial charge is 0.323 e. The molecule has 2 atom stereocenters. The fourth-order valence-corrected chi connectivity index (χ4v) is 1.38. The summed E-state index contributed by atoms with van der Waals surface area (Å²) in [7, 11) is 0. The molecule has 2 unspecified atom stereocenters. The van der Waals surface area contributed by atoms with E-state index in [4.69, 9.17) is 22.7 Å². The van der Waals surface area contributed by atoms with Crippen LogP contribution in [-0.4, -0.2) is 17.1 Å². The lowest BCUT2D eigenvalue weighted by Crippen LogP contribution is -2.39. The number of nitrogens with two attached hydrogens (primary N) is 1. The van der Waals surface area contributed by atoms with E-state index in [2.05, 4.69) is 0 Å². The Morgan fingerprint density at radius 3 is 2.67 bits per heavy atom. The fraction of sp³-hybridized carbons (Fsp3) is 0.833. The zero-order chi connectivity index (χ0) is 6.85. The van der Waals surface area contributed by atoms with Gasteiger partial charge in [-0.25, -0.2) is 0 Å². The minimum Gasteiger partial charge on any atom is -0.323 e. The number of rotatable bonds is 0. The maximum absolute atomic E-state index is 7.34. The topological polar surface area (TPSA) is 49.9 Å². The molecule has 0 aliphatic heterocycles. The van der Waals surface area contributed by atoms with E-state index in [0.29, 0.717) is 5.71 Å². The molecule has 0 heterocycles. The molecular formula is C6H11ClN2. The highest BCUT2D eigenvalue weighted by molar-refractivity contribution is 6.32. The molecule has 52 valence electrons. The van der Waals surface area contributed by atoms with Gasteiger partial charge in [-0.3, -0.25) is 0 Å². The Morgan fingerprint density at radius 2 is 2.22 bits per heavy atom. The molecule has 1 aliphatic carbocycles. The highest BCUT2D eigenvalue weighted by Gasteiger charge is 2.22. The van der Waals surface area contributed by atoms with Crippen LogP contribution in [0.2, 0.25) is 0 Å². The lowest BCUT2D eigenvalue weighted by Gasteiger charge is -2.22. The molecule has 0 amide bonds. The van der Waals surface area contributed by atoms with Gasteiger partial charge in [0.05, 0.1) is 5.38 Å². The summed E-state index contributed by atoms with van der Waals surface area (Å²) >= 11 is 5.76. The normalized spacial score (nSPS) is 36.9. The van der Waals surface area contributed by atoms with Crippen molar-refractivity contribution in [1.29, 1.82) is 5.41 Å². The van der Waals surface area contributed by atoms with Crippen molar-refractivity contribution in [2.24, 2.45) is 5.73 Å². The number of hydrogen-bond donors (Lipinski definition) is 2. The van der Waals surface area contributed by atoms with Gasteiger partial charge in [0.25, 0.3) is 0 Å². The first kappa shape index (κ1) is 7.03. The third kappa shape index (κ3) is 1.43. The second kappa shape index (κ2) is 2.67. The van der Waals surface area contributed by atoms with Crippen LogP contribution >= 0.6 is 11.6 Å². The molecule has 0 radical (unpaired) electrons. The molecule has 0 spiro atoms. The van der Waals surface area contributed by atoms with Crippen molar-refractivity contribution in [2.45, 2.75) is 30.7 Å². The summed E-state index contributed by atoms with van der Waals surface area (Å²) in [5, 5.41) is 7.25. The fourth-order valence-electron chi connectivity index (χ4n) is 1.06. The van der Waals surface area contributed by atoms with Gasteiger partial charge in [-0.1, -0.05) is 0 Å². The minimum atomic E-state index is -0.0891. The van der Waals surface area contributed by atoms with Crippen molar-refractivity contribution in [3.63, 3.8) is 0 Å². The van der Waals surface area contributed by atoms with Crippen molar-refractivity contribution in [1.82, 2.24) is 0 Å². The molecule has 1 aliphatic rings. The first-order valence-corrected chi connectivity index (χ1v) is 3.63. The Morgan fingerprint density at radius 1 is 1.56 bits per heavy atom. The van der Waals surface area contributed by atoms with Gasteiger partial charge in [-0.15, -0.1) is 11.6 Å². The maximum Gasteiger partial charge on any atom is 0.0727 e. The van der Waals surface area contributed by atoms with Gasteiger partial charge in [0.1, 0.15) is 0 Å². The summed E-state index contributed by atoms with van der Waals surface area (Å²) in [5.74, 6) is 0. The van der Waals surface area contributed by atoms with E-state index in [-0.39, 0.29) is 11.4 Å². The Bertz CT molecular complexity index is 112. The summed E-state index contributed by atoms with van der Waals surface area (Å²) in [6, 6.07) is -0.0683. The van der Waals surface area contributed by atoms with Gasteiger partial charge in [0.15, 0.2) is 0 Å². The van der Waals surface area contributed by atoms with Crippen LogP contribution in [-0.2, 0) is 0 Å². The quantitative estimate of drug-likeness (QED) is 0.495. The van der Waals surface area contributed by atoms with Crippen LogP contribution in [0, 0.1) is 5.41 Å². The molecule has 1 saturated carbocycles. The van der Waals surface area contributed by atoms with Crippen LogP contribution < -0.4 is 5.73 Å². The zero-order valence-corrected chi connectivity index (χ0v) is 5.99. The molecule has 3 N–H and O–H groups in total. The van der Waals surface area contributed by atoms with E-state index < -0.39 is 0 Å². The van der Waals surface area contributed by atoms with Crippen molar-refractivity contribution in [3.05, 3.63) is 0 Å². The molecule has 2 nitrogen and oxygen atoms in total. The van der Waals surface area contributed by atoms with E-state index in [0.717, 1.165) is 19.3 Å². The summed E-state index contributed by atoms with van der Waals surface area (Å²) in [6.45, 7) is 0. The molecule has 1 fully saturated rings. The monoisotopic (exact) mass is 146 g/mol.